The van der Waals surface area contributed by atoms with E-state index < -0.39 is 0 Å². The first-order valence-corrected chi connectivity index (χ1v) is 11.5. The molecule has 3 aliphatic heterocycles. The van der Waals surface area contributed by atoms with E-state index in [0.717, 1.165) is 39.5 Å². The molecule has 0 bridgehead atoms. The van der Waals surface area contributed by atoms with Gasteiger partial charge in [0.2, 0.25) is 12.6 Å². The molecule has 3 aliphatic rings. The molecule has 0 N–H and O–H groups in total. The van der Waals surface area contributed by atoms with Gasteiger partial charge in [-0.05, 0) is 54.5 Å². The summed E-state index contributed by atoms with van der Waals surface area (Å²) in [5.41, 5.74) is 4.15. The van der Waals surface area contributed by atoms with E-state index in [4.69, 9.17) is 42.1 Å². The number of rotatable bonds is 3. The monoisotopic (exact) mass is 495 g/mol. The SMILES string of the molecule is Cc1c2c(cc3c1O/C(=C\c1ccc(Cl)c(Cl)c1)C3=O)CN(Cc1ccc3c(c1)OCO3)CO2. The number of hydrogen-bond acceptors (Lipinski definition) is 6. The second kappa shape index (κ2) is 8.24. The Morgan fingerprint density at radius 1 is 0.971 bits per heavy atom. The van der Waals surface area contributed by atoms with Gasteiger partial charge < -0.3 is 18.9 Å². The molecule has 0 fully saturated rings. The molecule has 0 atom stereocenters. The summed E-state index contributed by atoms with van der Waals surface area (Å²) >= 11 is 12.1. The Labute approximate surface area is 206 Å². The number of carbonyl (C=O) groups is 1. The van der Waals surface area contributed by atoms with Crippen molar-refractivity contribution in [3.63, 3.8) is 0 Å². The van der Waals surface area contributed by atoms with Crippen molar-refractivity contribution in [2.45, 2.75) is 20.0 Å². The molecule has 0 aromatic heterocycles. The first kappa shape index (κ1) is 21.4. The molecule has 172 valence electrons. The third kappa shape index (κ3) is 3.68. The van der Waals surface area contributed by atoms with Gasteiger partial charge in [-0.2, -0.15) is 0 Å². The lowest BCUT2D eigenvalue weighted by molar-refractivity contribution is 0.0876. The number of benzene rings is 3. The quantitative estimate of drug-likeness (QED) is 0.415. The predicted molar refractivity (Wildman–Crippen MR) is 128 cm³/mol. The van der Waals surface area contributed by atoms with Crippen LogP contribution in [0.4, 0.5) is 0 Å². The number of nitrogens with zero attached hydrogens (tertiary/aromatic N) is 1. The van der Waals surface area contributed by atoms with E-state index in [1.54, 1.807) is 24.3 Å². The summed E-state index contributed by atoms with van der Waals surface area (Å²) in [5, 5.41) is 0.873. The van der Waals surface area contributed by atoms with Gasteiger partial charge in [-0.15, -0.1) is 0 Å². The summed E-state index contributed by atoms with van der Waals surface area (Å²) < 4.78 is 22.9. The van der Waals surface area contributed by atoms with E-state index >= 15 is 0 Å². The summed E-state index contributed by atoms with van der Waals surface area (Å²) in [6.07, 6.45) is 1.68. The molecule has 3 aromatic rings. The first-order chi connectivity index (χ1) is 16.5. The molecule has 0 saturated carbocycles. The van der Waals surface area contributed by atoms with Crippen LogP contribution in [0.1, 0.15) is 32.6 Å². The van der Waals surface area contributed by atoms with Gasteiger partial charge in [-0.25, -0.2) is 0 Å². The van der Waals surface area contributed by atoms with E-state index in [2.05, 4.69) is 4.90 Å². The minimum atomic E-state index is -0.167. The maximum atomic E-state index is 13.1. The maximum Gasteiger partial charge on any atom is 0.231 e. The predicted octanol–water partition coefficient (Wildman–Crippen LogP) is 6.00. The van der Waals surface area contributed by atoms with Crippen molar-refractivity contribution in [1.82, 2.24) is 4.90 Å². The van der Waals surface area contributed by atoms with E-state index in [0.29, 0.717) is 41.2 Å². The number of allylic oxidation sites excluding steroid dienone is 1. The third-order valence-electron chi connectivity index (χ3n) is 6.09. The molecule has 3 heterocycles. The molecule has 8 heteroatoms. The minimum Gasteiger partial charge on any atom is -0.477 e. The van der Waals surface area contributed by atoms with Crippen molar-refractivity contribution in [2.75, 3.05) is 13.5 Å². The Bertz CT molecular complexity index is 1380. The van der Waals surface area contributed by atoms with Gasteiger partial charge in [0, 0.05) is 24.2 Å². The number of fused-ring (bicyclic) bond motifs is 3. The molecule has 3 aromatic carbocycles. The van der Waals surface area contributed by atoms with E-state index in [1.807, 2.05) is 31.2 Å². The van der Waals surface area contributed by atoms with E-state index in [1.165, 1.54) is 0 Å². The lowest BCUT2D eigenvalue weighted by Gasteiger charge is -2.30. The van der Waals surface area contributed by atoms with Crippen LogP contribution in [-0.4, -0.2) is 24.2 Å². The highest BCUT2D eigenvalue weighted by molar-refractivity contribution is 6.42. The normalized spacial score (nSPS) is 17.4. The summed E-state index contributed by atoms with van der Waals surface area (Å²) in [6.45, 7) is 3.93. The smallest absolute Gasteiger partial charge is 0.231 e. The van der Waals surface area contributed by atoms with Gasteiger partial charge in [0.1, 0.15) is 18.2 Å². The zero-order valence-corrected chi connectivity index (χ0v) is 19.7. The summed E-state index contributed by atoms with van der Waals surface area (Å²) in [5.74, 6) is 2.91. The third-order valence-corrected chi connectivity index (χ3v) is 6.83. The van der Waals surface area contributed by atoms with E-state index in [9.17, 15) is 4.79 Å². The van der Waals surface area contributed by atoms with Crippen LogP contribution in [0.15, 0.2) is 48.2 Å². The number of hydrogen-bond donors (Lipinski definition) is 0. The number of ketones is 1. The van der Waals surface area contributed by atoms with Gasteiger partial charge in [0.05, 0.1) is 15.6 Å². The van der Waals surface area contributed by atoms with Gasteiger partial charge in [0.15, 0.2) is 17.3 Å². The molecule has 0 spiro atoms. The number of carbonyl (C=O) groups excluding carboxylic acids is 1. The Morgan fingerprint density at radius 3 is 2.68 bits per heavy atom. The highest BCUT2D eigenvalue weighted by Gasteiger charge is 2.33. The standard InChI is InChI=1S/C26H19Cl2NO5/c1-14-25-17(11-29(12-31-25)10-16-3-5-21-22(8-16)33-13-32-21)9-18-24(30)23(34-26(14)18)7-15-2-4-19(27)20(28)6-15/h2-9H,10-13H2,1H3/b23-7-. The Hall–Kier alpha value is -3.19. The van der Waals surface area contributed by atoms with Crippen LogP contribution < -0.4 is 18.9 Å². The molecule has 0 radical (unpaired) electrons. The van der Waals surface area contributed by atoms with Crippen molar-refractivity contribution in [3.05, 3.63) is 86.1 Å². The molecule has 6 nitrogen and oxygen atoms in total. The van der Waals surface area contributed by atoms with Crippen LogP contribution in [0.25, 0.3) is 6.08 Å². The fourth-order valence-electron chi connectivity index (χ4n) is 4.45. The van der Waals surface area contributed by atoms with Crippen LogP contribution in [0, 0.1) is 6.92 Å². The summed E-state index contributed by atoms with van der Waals surface area (Å²) in [4.78, 5) is 15.3. The second-order valence-corrected chi connectivity index (χ2v) is 9.24. The van der Waals surface area contributed by atoms with Crippen molar-refractivity contribution in [1.29, 1.82) is 0 Å². The zero-order valence-electron chi connectivity index (χ0n) is 18.2. The highest BCUT2D eigenvalue weighted by atomic mass is 35.5. The number of Topliss-reactive ketones (excluding diaryl/α,β-unsaturated/α-hetero) is 1. The molecule has 34 heavy (non-hydrogen) atoms. The van der Waals surface area contributed by atoms with Crippen molar-refractivity contribution in [3.8, 4) is 23.0 Å². The van der Waals surface area contributed by atoms with Crippen molar-refractivity contribution < 1.29 is 23.7 Å². The lowest BCUT2D eigenvalue weighted by Crippen LogP contribution is -2.32. The Balaban J connectivity index is 1.25. The molecule has 6 rings (SSSR count). The fraction of sp³-hybridized carbons (Fsp3) is 0.192. The minimum absolute atomic E-state index is 0.167. The molecule has 0 unspecified atom stereocenters. The van der Waals surface area contributed by atoms with E-state index in [-0.39, 0.29) is 18.3 Å². The van der Waals surface area contributed by atoms with Crippen molar-refractivity contribution >= 4 is 35.1 Å². The van der Waals surface area contributed by atoms with Crippen LogP contribution in [0.3, 0.4) is 0 Å². The zero-order chi connectivity index (χ0) is 23.4. The van der Waals surface area contributed by atoms with Gasteiger partial charge in [-0.3, -0.25) is 9.69 Å². The largest absolute Gasteiger partial charge is 0.477 e. The van der Waals surface area contributed by atoms with Crippen LogP contribution in [0.2, 0.25) is 10.0 Å². The molecule has 0 saturated heterocycles. The Morgan fingerprint density at radius 2 is 1.82 bits per heavy atom. The summed E-state index contributed by atoms with van der Waals surface area (Å²) in [6, 6.07) is 13.0. The lowest BCUT2D eigenvalue weighted by atomic mass is 10.00. The van der Waals surface area contributed by atoms with Crippen LogP contribution in [0.5, 0.6) is 23.0 Å². The van der Waals surface area contributed by atoms with Gasteiger partial charge in [-0.1, -0.05) is 35.3 Å². The average Bonchev–Trinajstić information content (AvgIpc) is 3.41. The summed E-state index contributed by atoms with van der Waals surface area (Å²) in [7, 11) is 0. The van der Waals surface area contributed by atoms with Crippen LogP contribution >= 0.6 is 23.2 Å². The second-order valence-electron chi connectivity index (χ2n) is 8.43. The maximum absolute atomic E-state index is 13.1. The Kier molecular flexibility index (Phi) is 5.17. The average molecular weight is 496 g/mol. The first-order valence-electron chi connectivity index (χ1n) is 10.8. The van der Waals surface area contributed by atoms with Gasteiger partial charge >= 0.3 is 0 Å². The molecular formula is C26H19Cl2NO5. The van der Waals surface area contributed by atoms with Gasteiger partial charge in [0.25, 0.3) is 0 Å². The molecule has 0 aliphatic carbocycles. The molecule has 0 amide bonds. The topological polar surface area (TPSA) is 57.2 Å². The number of halogens is 2. The number of ether oxygens (including phenoxy) is 4. The van der Waals surface area contributed by atoms with Crippen molar-refractivity contribution in [2.24, 2.45) is 0 Å². The molecular weight excluding hydrogens is 477 g/mol. The highest BCUT2D eigenvalue weighted by Crippen LogP contribution is 2.43. The fourth-order valence-corrected chi connectivity index (χ4v) is 4.76. The van der Waals surface area contributed by atoms with Crippen LogP contribution in [-0.2, 0) is 13.1 Å².